The minimum absolute atomic E-state index is 0.106. The van der Waals surface area contributed by atoms with Crippen LogP contribution in [0.1, 0.15) is 85.3 Å². The fraction of sp³-hybridized carbons (Fsp3) is 0.667. The highest BCUT2D eigenvalue weighted by Gasteiger charge is 2.60. The molecule has 3 fully saturated rings. The summed E-state index contributed by atoms with van der Waals surface area (Å²) in [5, 5.41) is 10.5. The number of ether oxygens (including phenoxy) is 1. The molecule has 4 rings (SSSR count). The number of likely N-dealkylation sites (tertiary alicyclic amines) is 1. The summed E-state index contributed by atoms with van der Waals surface area (Å²) >= 11 is 0. The largest absolute Gasteiger partial charge is 0.449 e. The van der Waals surface area contributed by atoms with Crippen LogP contribution in [-0.2, 0) is 33.5 Å². The van der Waals surface area contributed by atoms with E-state index in [-0.39, 0.29) is 42.6 Å². The fourth-order valence-electron chi connectivity index (χ4n) is 8.15. The molecule has 8 atom stereocenters. The maximum atomic E-state index is 14.4. The van der Waals surface area contributed by atoms with Gasteiger partial charge in [0.1, 0.15) is 18.1 Å². The minimum atomic E-state index is -1.19. The molecule has 2 aliphatic carbocycles. The molecule has 1 saturated heterocycles. The zero-order chi connectivity index (χ0) is 39.2. The number of nitrogens with zero attached hydrogens (tertiary/aromatic N) is 2. The molecule has 6 amide bonds. The van der Waals surface area contributed by atoms with Crippen LogP contribution in [-0.4, -0.2) is 103 Å². The number of nitrogens with one attached hydrogen (secondary N) is 4. The van der Waals surface area contributed by atoms with E-state index in [9.17, 15) is 33.6 Å². The van der Waals surface area contributed by atoms with E-state index >= 15 is 0 Å². The second kappa shape index (κ2) is 17.6. The Hall–Kier alpha value is -4.49. The Morgan fingerprint density at radius 1 is 0.943 bits per heavy atom. The summed E-state index contributed by atoms with van der Waals surface area (Å²) in [6.07, 6.45) is 2.88. The summed E-state index contributed by atoms with van der Waals surface area (Å²) in [5.41, 5.74) is -0.155. The Bertz CT molecular complexity index is 1530. The molecule has 0 spiro atoms. The minimum Gasteiger partial charge on any atom is -0.449 e. The van der Waals surface area contributed by atoms with E-state index in [4.69, 9.17) is 4.74 Å². The smallest absolute Gasteiger partial charge is 0.407 e. The van der Waals surface area contributed by atoms with E-state index in [0.29, 0.717) is 24.4 Å². The average molecular weight is 739 g/mol. The lowest BCUT2D eigenvalue weighted by Crippen LogP contribution is -2.60. The zero-order valence-corrected chi connectivity index (χ0v) is 32.4. The second-order valence-corrected chi connectivity index (χ2v) is 16.5. The molecule has 2 bridgehead atoms. The third-order valence-electron chi connectivity index (χ3n) is 10.7. The van der Waals surface area contributed by atoms with Crippen LogP contribution in [0.15, 0.2) is 30.3 Å². The van der Waals surface area contributed by atoms with Gasteiger partial charge in [0.15, 0.2) is 0 Å². The van der Waals surface area contributed by atoms with Gasteiger partial charge in [0.2, 0.25) is 29.4 Å². The highest BCUT2D eigenvalue weighted by Crippen LogP contribution is 2.57. The number of carbonyl (C=O) groups excluding carboxylic acids is 7. The van der Waals surface area contributed by atoms with Crippen LogP contribution in [0.2, 0.25) is 0 Å². The number of fused-ring (bicyclic) bond motifs is 5. The fourth-order valence-corrected chi connectivity index (χ4v) is 8.15. The van der Waals surface area contributed by atoms with Gasteiger partial charge in [0, 0.05) is 20.6 Å². The molecular weight excluding hydrogens is 680 g/mol. The molecule has 14 nitrogen and oxygen atoms in total. The normalized spacial score (nSPS) is 23.3. The number of rotatable bonds is 15. The number of hydrogen-bond acceptors (Lipinski definition) is 8. The van der Waals surface area contributed by atoms with E-state index in [2.05, 4.69) is 21.3 Å². The van der Waals surface area contributed by atoms with Crippen LogP contribution in [0, 0.1) is 35.0 Å². The zero-order valence-electron chi connectivity index (χ0n) is 32.4. The Labute approximate surface area is 312 Å². The summed E-state index contributed by atoms with van der Waals surface area (Å²) < 4.78 is 5.34. The van der Waals surface area contributed by atoms with Gasteiger partial charge in [-0.2, -0.15) is 0 Å². The number of ketones is 1. The van der Waals surface area contributed by atoms with Crippen LogP contribution in [0.3, 0.4) is 0 Å². The highest BCUT2D eigenvalue weighted by atomic mass is 16.5. The van der Waals surface area contributed by atoms with Crippen molar-refractivity contribution < 1.29 is 38.3 Å². The van der Waals surface area contributed by atoms with Crippen molar-refractivity contribution in [3.05, 3.63) is 35.9 Å². The first kappa shape index (κ1) is 41.3. The van der Waals surface area contributed by atoms with Gasteiger partial charge >= 0.3 is 6.09 Å². The summed E-state index contributed by atoms with van der Waals surface area (Å²) in [7, 11) is 3.13. The van der Waals surface area contributed by atoms with Gasteiger partial charge in [-0.05, 0) is 66.3 Å². The lowest BCUT2D eigenvalue weighted by Gasteiger charge is -2.37. The van der Waals surface area contributed by atoms with E-state index in [0.717, 1.165) is 19.3 Å². The monoisotopic (exact) mass is 738 g/mol. The molecule has 53 heavy (non-hydrogen) atoms. The molecule has 14 heteroatoms. The SMILES string of the molecule is CCCC(NC(=O)[C@@H]1[C@@H]2C(CN1C(=O)[C@@H](NC(=O)OCC(C)C)C(C)(C)C)[C@H]1CC[C@@H]2C1)C(=O)C(=O)NCC(=O)NC(C(=O)N(C)C)c1ccccc1. The second-order valence-electron chi connectivity index (χ2n) is 16.5. The number of Topliss-reactive ketones (excluding diaryl/α,β-unsaturated/α-hetero) is 1. The molecule has 4 N–H and O–H groups in total. The molecule has 1 aromatic carbocycles. The predicted octanol–water partition coefficient (Wildman–Crippen LogP) is 2.57. The summed E-state index contributed by atoms with van der Waals surface area (Å²) in [6.45, 7) is 11.1. The molecule has 0 radical (unpaired) electrons. The van der Waals surface area contributed by atoms with Gasteiger partial charge in [-0.25, -0.2) is 4.79 Å². The van der Waals surface area contributed by atoms with Crippen molar-refractivity contribution in [2.45, 2.75) is 97.8 Å². The number of benzene rings is 1. The first-order valence-corrected chi connectivity index (χ1v) is 18.9. The van der Waals surface area contributed by atoms with Crippen LogP contribution in [0.4, 0.5) is 4.79 Å². The quantitative estimate of drug-likeness (QED) is 0.198. The standard InChI is InChI=1S/C39H58N6O8/c1-9-13-27(32(47)35(49)40-19-28(46)42-30(36(50)44(7)8)23-14-11-10-12-15-23)41-34(48)31-29-25-17-16-24(18-25)26(29)20-45(31)37(51)33(39(4,5)6)43-38(52)53-21-22(2)3/h10-12,14-15,22,24-27,29-31,33H,9,13,16-21H2,1-8H3,(H,40,49)(H,41,48)(H,42,46)(H,43,52)/t24-,25+,26?,27?,29-,30?,31-,33+/m0/s1. The van der Waals surface area contributed by atoms with Crippen LogP contribution in [0.25, 0.3) is 0 Å². The summed E-state index contributed by atoms with van der Waals surface area (Å²) in [5.74, 6) is -3.18. The van der Waals surface area contributed by atoms with Crippen molar-refractivity contribution in [1.29, 1.82) is 0 Å². The highest BCUT2D eigenvalue weighted by molar-refractivity contribution is 6.38. The average Bonchev–Trinajstić information content (AvgIpc) is 3.83. The Morgan fingerprint density at radius 3 is 2.21 bits per heavy atom. The van der Waals surface area contributed by atoms with Gasteiger partial charge in [0.25, 0.3) is 5.91 Å². The number of amides is 6. The molecule has 292 valence electrons. The van der Waals surface area contributed by atoms with E-state index in [1.54, 1.807) is 49.3 Å². The Kier molecular flexibility index (Phi) is 13.7. The van der Waals surface area contributed by atoms with E-state index < -0.39 is 71.6 Å². The molecule has 1 aromatic rings. The van der Waals surface area contributed by atoms with E-state index in [1.165, 1.54) is 4.90 Å². The Morgan fingerprint density at radius 2 is 1.60 bits per heavy atom. The van der Waals surface area contributed by atoms with Crippen LogP contribution >= 0.6 is 0 Å². The number of hydrogen-bond donors (Lipinski definition) is 4. The number of carbonyl (C=O) groups is 7. The van der Waals surface area contributed by atoms with Crippen molar-refractivity contribution in [2.75, 3.05) is 33.8 Å². The van der Waals surface area contributed by atoms with Crippen molar-refractivity contribution in [3.8, 4) is 0 Å². The van der Waals surface area contributed by atoms with Gasteiger partial charge < -0.3 is 35.8 Å². The molecule has 3 unspecified atom stereocenters. The van der Waals surface area contributed by atoms with Gasteiger partial charge in [-0.15, -0.1) is 0 Å². The van der Waals surface area contributed by atoms with Gasteiger partial charge in [-0.1, -0.05) is 78.3 Å². The molecule has 0 aromatic heterocycles. The maximum Gasteiger partial charge on any atom is 0.407 e. The lowest BCUT2D eigenvalue weighted by molar-refractivity contribution is -0.145. The van der Waals surface area contributed by atoms with Crippen LogP contribution < -0.4 is 21.3 Å². The van der Waals surface area contributed by atoms with Crippen molar-refractivity contribution in [1.82, 2.24) is 31.1 Å². The number of likely N-dealkylation sites (N-methyl/N-ethyl adjacent to an activating group) is 1. The molecule has 1 heterocycles. The maximum absolute atomic E-state index is 14.4. The molecule has 3 aliphatic rings. The van der Waals surface area contributed by atoms with Gasteiger partial charge in [0.05, 0.1) is 19.2 Å². The van der Waals surface area contributed by atoms with Crippen molar-refractivity contribution >= 4 is 41.4 Å². The topological polar surface area (TPSA) is 183 Å². The van der Waals surface area contributed by atoms with Crippen LogP contribution in [0.5, 0.6) is 0 Å². The molecule has 1 aliphatic heterocycles. The third-order valence-corrected chi connectivity index (χ3v) is 10.7. The number of alkyl carbamates (subject to hydrolysis) is 1. The Balaban J connectivity index is 1.47. The summed E-state index contributed by atoms with van der Waals surface area (Å²) in [6, 6.07) is 4.61. The molecular formula is C39H58N6O8. The summed E-state index contributed by atoms with van der Waals surface area (Å²) in [4.78, 5) is 96.8. The van der Waals surface area contributed by atoms with Gasteiger partial charge in [-0.3, -0.25) is 28.8 Å². The third kappa shape index (κ3) is 9.94. The first-order valence-electron chi connectivity index (χ1n) is 18.9. The van der Waals surface area contributed by atoms with Crippen molar-refractivity contribution in [2.24, 2.45) is 35.0 Å². The first-order chi connectivity index (χ1) is 24.9. The van der Waals surface area contributed by atoms with E-state index in [1.807, 2.05) is 41.5 Å². The predicted molar refractivity (Wildman–Crippen MR) is 197 cm³/mol. The molecule has 2 saturated carbocycles. The van der Waals surface area contributed by atoms with Crippen molar-refractivity contribution in [3.63, 3.8) is 0 Å². The lowest BCUT2D eigenvalue weighted by atomic mass is 9.78.